The second kappa shape index (κ2) is 5.39. The molecule has 8 nitrogen and oxygen atoms in total. The van der Waals surface area contributed by atoms with Crippen LogP contribution in [0.4, 0.5) is 5.82 Å². The van der Waals surface area contributed by atoms with Crippen LogP contribution in [-0.4, -0.2) is 50.7 Å². The van der Waals surface area contributed by atoms with Crippen LogP contribution in [0.1, 0.15) is 0 Å². The van der Waals surface area contributed by atoms with Crippen LogP contribution in [0.5, 0.6) is 0 Å². The van der Waals surface area contributed by atoms with Crippen LogP contribution < -0.4 is 11.3 Å². The van der Waals surface area contributed by atoms with Gasteiger partial charge in [-0.15, -0.1) is 0 Å². The Morgan fingerprint density at radius 2 is 2.37 bits per heavy atom. The zero-order chi connectivity index (χ0) is 14.0. The molecule has 2 aromatic rings. The van der Waals surface area contributed by atoms with Crippen molar-refractivity contribution in [1.82, 2.24) is 14.5 Å². The molecular formula is C11H16N4O4. The van der Waals surface area contributed by atoms with Gasteiger partial charge in [0.1, 0.15) is 18.0 Å². The summed E-state index contributed by atoms with van der Waals surface area (Å²) < 4.78 is 6.53. The maximum atomic E-state index is 11.6. The van der Waals surface area contributed by atoms with E-state index >= 15 is 0 Å². The third kappa shape index (κ3) is 2.60. The zero-order valence-electron chi connectivity index (χ0n) is 10.4. The van der Waals surface area contributed by atoms with Gasteiger partial charge in [-0.25, -0.2) is 4.98 Å². The Labute approximate surface area is 108 Å². The molecule has 0 aliphatic heterocycles. The molecule has 0 unspecified atom stereocenters. The number of fused-ring (bicyclic) bond motifs is 1. The van der Waals surface area contributed by atoms with Crippen molar-refractivity contribution in [3.63, 3.8) is 0 Å². The number of methoxy groups -OCH3 is 1. The average Bonchev–Trinajstić information content (AvgIpc) is 2.74. The number of nitrogen functional groups attached to an aromatic ring is 1. The second-order valence-corrected chi connectivity index (χ2v) is 4.21. The number of imidazole rings is 1. The number of aliphatic hydroxyl groups is 2. The smallest absolute Gasteiger partial charge is 0.277 e. The molecule has 5 N–H and O–H groups in total. The van der Waals surface area contributed by atoms with Crippen molar-refractivity contribution in [2.45, 2.75) is 18.8 Å². The maximum absolute atomic E-state index is 11.6. The molecule has 8 heteroatoms. The summed E-state index contributed by atoms with van der Waals surface area (Å²) in [4.78, 5) is 18.0. The number of rotatable bonds is 5. The van der Waals surface area contributed by atoms with Gasteiger partial charge in [0.05, 0.1) is 25.0 Å². The first-order valence-corrected chi connectivity index (χ1v) is 5.72. The van der Waals surface area contributed by atoms with Crippen molar-refractivity contribution in [2.24, 2.45) is 0 Å². The number of H-pyrrole nitrogens is 1. The van der Waals surface area contributed by atoms with E-state index in [-0.39, 0.29) is 30.0 Å². The van der Waals surface area contributed by atoms with E-state index < -0.39 is 12.2 Å². The summed E-state index contributed by atoms with van der Waals surface area (Å²) >= 11 is 0. The minimum atomic E-state index is -0.923. The van der Waals surface area contributed by atoms with E-state index in [9.17, 15) is 9.90 Å². The molecule has 0 aromatic carbocycles. The van der Waals surface area contributed by atoms with Gasteiger partial charge in [-0.1, -0.05) is 0 Å². The number of nitrogens with one attached hydrogen (secondary N) is 1. The summed E-state index contributed by atoms with van der Waals surface area (Å²) in [6.07, 6.45) is -0.183. The molecule has 2 rings (SSSR count). The highest BCUT2D eigenvalue weighted by molar-refractivity contribution is 5.76. The highest BCUT2D eigenvalue weighted by Gasteiger charge is 2.19. The largest absolute Gasteiger partial charge is 0.394 e. The van der Waals surface area contributed by atoms with Gasteiger partial charge in [0.2, 0.25) is 0 Å². The van der Waals surface area contributed by atoms with E-state index in [0.717, 1.165) is 0 Å². The molecular weight excluding hydrogens is 252 g/mol. The van der Waals surface area contributed by atoms with Gasteiger partial charge in [-0.05, 0) is 0 Å². The Hall–Kier alpha value is -1.90. The monoisotopic (exact) mass is 268 g/mol. The van der Waals surface area contributed by atoms with Crippen LogP contribution in [0.3, 0.4) is 0 Å². The summed E-state index contributed by atoms with van der Waals surface area (Å²) in [5.74, 6) is 0.221. The average molecular weight is 268 g/mol. The quantitative estimate of drug-likeness (QED) is 0.532. The van der Waals surface area contributed by atoms with Crippen molar-refractivity contribution in [3.8, 4) is 0 Å². The Morgan fingerprint density at radius 1 is 1.63 bits per heavy atom. The minimum absolute atomic E-state index is 0.137. The van der Waals surface area contributed by atoms with Gasteiger partial charge in [0.15, 0.2) is 5.52 Å². The first-order chi connectivity index (χ1) is 9.06. The Morgan fingerprint density at radius 3 is 3.00 bits per heavy atom. The Bertz CT molecular complexity index is 617. The van der Waals surface area contributed by atoms with Crippen molar-refractivity contribution >= 4 is 16.9 Å². The van der Waals surface area contributed by atoms with Crippen LogP contribution in [-0.2, 0) is 11.3 Å². The Balaban J connectivity index is 2.34. The summed E-state index contributed by atoms with van der Waals surface area (Å²) in [5.41, 5.74) is 5.96. The maximum Gasteiger partial charge on any atom is 0.277 e. The number of anilines is 1. The van der Waals surface area contributed by atoms with Crippen LogP contribution in [0.2, 0.25) is 0 Å². The zero-order valence-corrected chi connectivity index (χ0v) is 10.4. The molecule has 2 atom stereocenters. The number of hydrogen-bond acceptors (Lipinski definition) is 6. The molecule has 0 amide bonds. The first-order valence-electron chi connectivity index (χ1n) is 5.72. The molecule has 0 fully saturated rings. The molecule has 0 bridgehead atoms. The summed E-state index contributed by atoms with van der Waals surface area (Å²) in [7, 11) is 1.40. The van der Waals surface area contributed by atoms with E-state index in [1.54, 1.807) is 10.6 Å². The van der Waals surface area contributed by atoms with Gasteiger partial charge in [0.25, 0.3) is 5.56 Å². The lowest BCUT2D eigenvalue weighted by molar-refractivity contribution is -0.0467. The first kappa shape index (κ1) is 13.5. The molecule has 0 aliphatic rings. The number of ether oxygens (including phenoxy) is 1. The number of aliphatic hydroxyl groups excluding tert-OH is 2. The van der Waals surface area contributed by atoms with E-state index in [0.29, 0.717) is 5.52 Å². The van der Waals surface area contributed by atoms with E-state index in [4.69, 9.17) is 15.6 Å². The van der Waals surface area contributed by atoms with Gasteiger partial charge >= 0.3 is 0 Å². The number of aromatic amines is 1. The fourth-order valence-corrected chi connectivity index (χ4v) is 1.91. The van der Waals surface area contributed by atoms with Crippen LogP contribution >= 0.6 is 0 Å². The molecule has 2 aromatic heterocycles. The lowest BCUT2D eigenvalue weighted by atomic mass is 10.2. The standard InChI is InChI=1S/C11H16N4O4/c1-19-8(4-16)7(17)3-15-5-13-10-6(15)2-9(12)14-11(10)18/h2,5,7-8,16-17H,3-4H2,1H3,(H3,12,14,18)/t7-,8+/m0/s1. The van der Waals surface area contributed by atoms with Gasteiger partial charge in [0, 0.05) is 13.2 Å². The molecule has 0 saturated carbocycles. The second-order valence-electron chi connectivity index (χ2n) is 4.21. The predicted molar refractivity (Wildman–Crippen MR) is 68.7 cm³/mol. The van der Waals surface area contributed by atoms with Crippen molar-refractivity contribution in [1.29, 1.82) is 0 Å². The summed E-state index contributed by atoms with van der Waals surface area (Å²) in [6.45, 7) is -0.161. The van der Waals surface area contributed by atoms with Crippen LogP contribution in [0.25, 0.3) is 11.0 Å². The number of nitrogens with zero attached hydrogens (tertiary/aromatic N) is 2. The number of hydrogen-bond donors (Lipinski definition) is 4. The molecule has 0 radical (unpaired) electrons. The molecule has 0 aliphatic carbocycles. The molecule has 19 heavy (non-hydrogen) atoms. The van der Waals surface area contributed by atoms with Gasteiger partial charge < -0.3 is 30.2 Å². The van der Waals surface area contributed by atoms with Crippen molar-refractivity contribution < 1.29 is 14.9 Å². The van der Waals surface area contributed by atoms with E-state index in [2.05, 4.69) is 9.97 Å². The van der Waals surface area contributed by atoms with Crippen molar-refractivity contribution in [2.75, 3.05) is 19.5 Å². The fraction of sp³-hybridized carbons (Fsp3) is 0.455. The number of pyridine rings is 1. The predicted octanol–water partition coefficient (Wildman–Crippen LogP) is -1.32. The SMILES string of the molecule is CO[C@H](CO)[C@@H](O)Cn1cnc2c(=O)[nH]c(N)cc21. The van der Waals surface area contributed by atoms with Gasteiger partial charge in [-0.3, -0.25) is 4.79 Å². The third-order valence-corrected chi connectivity index (χ3v) is 2.94. The van der Waals surface area contributed by atoms with Crippen molar-refractivity contribution in [3.05, 3.63) is 22.7 Å². The normalized spacial score (nSPS) is 14.7. The number of aromatic nitrogens is 3. The lowest BCUT2D eigenvalue weighted by Crippen LogP contribution is -2.34. The molecule has 2 heterocycles. The van der Waals surface area contributed by atoms with Gasteiger partial charge in [-0.2, -0.15) is 0 Å². The topological polar surface area (TPSA) is 126 Å². The fourth-order valence-electron chi connectivity index (χ4n) is 1.91. The van der Waals surface area contributed by atoms with E-state index in [1.165, 1.54) is 13.4 Å². The third-order valence-electron chi connectivity index (χ3n) is 2.94. The summed E-state index contributed by atoms with van der Waals surface area (Å²) in [6, 6.07) is 1.57. The van der Waals surface area contributed by atoms with Crippen LogP contribution in [0.15, 0.2) is 17.2 Å². The highest BCUT2D eigenvalue weighted by Crippen LogP contribution is 2.12. The minimum Gasteiger partial charge on any atom is -0.394 e. The molecule has 0 spiro atoms. The lowest BCUT2D eigenvalue weighted by Gasteiger charge is -2.19. The Kier molecular flexibility index (Phi) is 3.84. The molecule has 0 saturated heterocycles. The van der Waals surface area contributed by atoms with E-state index in [1.807, 2.05) is 0 Å². The summed E-state index contributed by atoms with van der Waals surface area (Å²) in [5, 5.41) is 19.0. The molecule has 104 valence electrons. The van der Waals surface area contributed by atoms with Crippen LogP contribution in [0, 0.1) is 0 Å². The highest BCUT2D eigenvalue weighted by atomic mass is 16.5. The number of nitrogens with two attached hydrogens (primary N) is 1.